The fourth-order valence-corrected chi connectivity index (χ4v) is 1.99. The Morgan fingerprint density at radius 1 is 1.15 bits per heavy atom. The second-order valence-corrected chi connectivity index (χ2v) is 4.68. The number of carbonyl (C=O) groups is 2. The van der Waals surface area contributed by atoms with E-state index in [0.29, 0.717) is 11.3 Å². The highest BCUT2D eigenvalue weighted by atomic mass is 35.5. The largest absolute Gasteiger partial charge is 0.478 e. The fraction of sp³-hybridized carbons (Fsp3) is 0.0667. The Morgan fingerprint density at radius 2 is 1.85 bits per heavy atom. The Kier molecular flexibility index (Phi) is 4.05. The molecule has 1 amide bonds. The molecule has 2 rings (SSSR count). The fourth-order valence-electron chi connectivity index (χ4n) is 1.77. The molecule has 20 heavy (non-hydrogen) atoms. The van der Waals surface area contributed by atoms with Crippen LogP contribution in [-0.4, -0.2) is 17.0 Å². The number of rotatable bonds is 3. The Labute approximate surface area is 121 Å². The summed E-state index contributed by atoms with van der Waals surface area (Å²) in [7, 11) is 0. The van der Waals surface area contributed by atoms with Crippen molar-refractivity contribution in [2.45, 2.75) is 6.92 Å². The number of nitrogens with one attached hydrogen (secondary N) is 1. The maximum absolute atomic E-state index is 12.1. The van der Waals surface area contributed by atoms with Crippen LogP contribution >= 0.6 is 11.6 Å². The molecule has 0 radical (unpaired) electrons. The summed E-state index contributed by atoms with van der Waals surface area (Å²) in [4.78, 5) is 22.9. The van der Waals surface area contributed by atoms with Crippen LogP contribution in [0.5, 0.6) is 0 Å². The van der Waals surface area contributed by atoms with Crippen LogP contribution in [0, 0.1) is 6.92 Å². The maximum atomic E-state index is 12.1. The standard InChI is InChI=1S/C15H12ClNO3/c1-9-4-2-3-5-11(9)14(18)17-13-7-6-10(15(19)20)8-12(13)16/h2-8H,1H3,(H,17,18)(H,19,20). The molecule has 102 valence electrons. The highest BCUT2D eigenvalue weighted by molar-refractivity contribution is 6.34. The van der Waals surface area contributed by atoms with E-state index >= 15 is 0 Å². The second kappa shape index (κ2) is 5.75. The van der Waals surface area contributed by atoms with Gasteiger partial charge in [0.15, 0.2) is 0 Å². The molecule has 0 fully saturated rings. The van der Waals surface area contributed by atoms with Gasteiger partial charge in [0.1, 0.15) is 0 Å². The van der Waals surface area contributed by atoms with Gasteiger partial charge in [-0.15, -0.1) is 0 Å². The number of carboxylic acids is 1. The number of carboxylic acid groups (broad SMARTS) is 1. The molecule has 5 heteroatoms. The molecular formula is C15H12ClNO3. The van der Waals surface area contributed by atoms with Crippen molar-refractivity contribution in [2.24, 2.45) is 0 Å². The van der Waals surface area contributed by atoms with Crippen LogP contribution in [0.25, 0.3) is 0 Å². The second-order valence-electron chi connectivity index (χ2n) is 4.27. The highest BCUT2D eigenvalue weighted by Crippen LogP contribution is 2.24. The predicted octanol–water partition coefficient (Wildman–Crippen LogP) is 3.60. The number of hydrogen-bond donors (Lipinski definition) is 2. The van der Waals surface area contributed by atoms with Gasteiger partial charge in [-0.2, -0.15) is 0 Å². The maximum Gasteiger partial charge on any atom is 0.335 e. The SMILES string of the molecule is Cc1ccccc1C(=O)Nc1ccc(C(=O)O)cc1Cl. The van der Waals surface area contributed by atoms with Gasteiger partial charge in [0.05, 0.1) is 16.3 Å². The van der Waals surface area contributed by atoms with Crippen LogP contribution in [0.15, 0.2) is 42.5 Å². The lowest BCUT2D eigenvalue weighted by Gasteiger charge is -2.09. The van der Waals surface area contributed by atoms with Gasteiger partial charge in [-0.25, -0.2) is 4.79 Å². The molecule has 0 aromatic heterocycles. The first kappa shape index (κ1) is 14.1. The van der Waals surface area contributed by atoms with Gasteiger partial charge in [0.2, 0.25) is 0 Å². The van der Waals surface area contributed by atoms with Crippen LogP contribution in [0.2, 0.25) is 5.02 Å². The lowest BCUT2D eigenvalue weighted by Crippen LogP contribution is -2.13. The Balaban J connectivity index is 2.25. The summed E-state index contributed by atoms with van der Waals surface area (Å²) in [6, 6.07) is 11.3. The smallest absolute Gasteiger partial charge is 0.335 e. The van der Waals surface area contributed by atoms with Gasteiger partial charge < -0.3 is 10.4 Å². The first-order valence-corrected chi connectivity index (χ1v) is 6.26. The number of anilines is 1. The summed E-state index contributed by atoms with van der Waals surface area (Å²) in [6.45, 7) is 1.84. The first-order valence-electron chi connectivity index (χ1n) is 5.89. The van der Waals surface area contributed by atoms with Gasteiger partial charge in [-0.3, -0.25) is 4.79 Å². The normalized spacial score (nSPS) is 10.1. The quantitative estimate of drug-likeness (QED) is 0.907. The van der Waals surface area contributed by atoms with Crippen molar-refractivity contribution in [3.05, 3.63) is 64.2 Å². The molecule has 0 aliphatic rings. The van der Waals surface area contributed by atoms with E-state index < -0.39 is 5.97 Å². The van der Waals surface area contributed by atoms with Crippen molar-refractivity contribution in [3.8, 4) is 0 Å². The first-order chi connectivity index (χ1) is 9.49. The minimum atomic E-state index is -1.07. The zero-order valence-electron chi connectivity index (χ0n) is 10.7. The number of benzene rings is 2. The van der Waals surface area contributed by atoms with Crippen LogP contribution < -0.4 is 5.32 Å². The van der Waals surface area contributed by atoms with Gasteiger partial charge in [0.25, 0.3) is 5.91 Å². The van der Waals surface area contributed by atoms with E-state index in [1.807, 2.05) is 19.1 Å². The molecule has 2 aromatic rings. The summed E-state index contributed by atoms with van der Waals surface area (Å²) in [5.41, 5.74) is 1.85. The van der Waals surface area contributed by atoms with E-state index in [2.05, 4.69) is 5.32 Å². The summed E-state index contributed by atoms with van der Waals surface area (Å²) in [5.74, 6) is -1.35. The number of aryl methyl sites for hydroxylation is 1. The number of hydrogen-bond acceptors (Lipinski definition) is 2. The zero-order chi connectivity index (χ0) is 14.7. The Bertz CT molecular complexity index is 683. The van der Waals surface area contributed by atoms with Gasteiger partial charge >= 0.3 is 5.97 Å². The molecule has 0 aliphatic carbocycles. The summed E-state index contributed by atoms with van der Waals surface area (Å²) in [5, 5.41) is 11.7. The van der Waals surface area contributed by atoms with Crippen molar-refractivity contribution >= 4 is 29.2 Å². The van der Waals surface area contributed by atoms with E-state index in [-0.39, 0.29) is 16.5 Å². The molecule has 0 bridgehead atoms. The van der Waals surface area contributed by atoms with E-state index in [1.54, 1.807) is 12.1 Å². The minimum absolute atomic E-state index is 0.0730. The van der Waals surface area contributed by atoms with Crippen molar-refractivity contribution in [1.82, 2.24) is 0 Å². The number of amides is 1. The van der Waals surface area contributed by atoms with Gasteiger partial charge in [0, 0.05) is 5.56 Å². The Hall–Kier alpha value is -2.33. The molecule has 4 nitrogen and oxygen atoms in total. The van der Waals surface area contributed by atoms with Crippen LogP contribution in [0.1, 0.15) is 26.3 Å². The average molecular weight is 290 g/mol. The average Bonchev–Trinajstić information content (AvgIpc) is 2.41. The number of carbonyl (C=O) groups excluding carboxylic acids is 1. The van der Waals surface area contributed by atoms with E-state index in [9.17, 15) is 9.59 Å². The van der Waals surface area contributed by atoms with Crippen molar-refractivity contribution in [2.75, 3.05) is 5.32 Å². The summed E-state index contributed by atoms with van der Waals surface area (Å²) < 4.78 is 0. The minimum Gasteiger partial charge on any atom is -0.478 e. The summed E-state index contributed by atoms with van der Waals surface area (Å²) in [6.07, 6.45) is 0. The van der Waals surface area contributed by atoms with Crippen molar-refractivity contribution < 1.29 is 14.7 Å². The molecule has 0 heterocycles. The molecular weight excluding hydrogens is 278 g/mol. The van der Waals surface area contributed by atoms with Crippen LogP contribution in [0.4, 0.5) is 5.69 Å². The third-order valence-corrected chi connectivity index (χ3v) is 3.17. The summed E-state index contributed by atoms with van der Waals surface area (Å²) >= 11 is 5.97. The number of aromatic carboxylic acids is 1. The monoisotopic (exact) mass is 289 g/mol. The van der Waals surface area contributed by atoms with Gasteiger partial charge in [-0.1, -0.05) is 29.8 Å². The molecule has 0 spiro atoms. The van der Waals surface area contributed by atoms with Crippen LogP contribution in [-0.2, 0) is 0 Å². The van der Waals surface area contributed by atoms with E-state index in [1.165, 1.54) is 18.2 Å². The molecule has 2 N–H and O–H groups in total. The van der Waals surface area contributed by atoms with Crippen molar-refractivity contribution in [3.63, 3.8) is 0 Å². The number of halogens is 1. The van der Waals surface area contributed by atoms with E-state index in [4.69, 9.17) is 16.7 Å². The molecule has 2 aromatic carbocycles. The van der Waals surface area contributed by atoms with Crippen LogP contribution in [0.3, 0.4) is 0 Å². The molecule has 0 saturated heterocycles. The molecule has 0 atom stereocenters. The predicted molar refractivity (Wildman–Crippen MR) is 77.5 cm³/mol. The third kappa shape index (κ3) is 2.97. The molecule has 0 saturated carbocycles. The lowest BCUT2D eigenvalue weighted by molar-refractivity contribution is 0.0696. The third-order valence-electron chi connectivity index (χ3n) is 2.85. The van der Waals surface area contributed by atoms with Gasteiger partial charge in [-0.05, 0) is 36.8 Å². The van der Waals surface area contributed by atoms with Crippen molar-refractivity contribution in [1.29, 1.82) is 0 Å². The zero-order valence-corrected chi connectivity index (χ0v) is 11.4. The Morgan fingerprint density at radius 3 is 2.45 bits per heavy atom. The topological polar surface area (TPSA) is 66.4 Å². The highest BCUT2D eigenvalue weighted by Gasteiger charge is 2.12. The molecule has 0 unspecified atom stereocenters. The van der Waals surface area contributed by atoms with E-state index in [0.717, 1.165) is 5.56 Å². The molecule has 0 aliphatic heterocycles. The lowest BCUT2D eigenvalue weighted by atomic mass is 10.1.